The van der Waals surface area contributed by atoms with Crippen molar-refractivity contribution in [3.63, 3.8) is 0 Å². The van der Waals surface area contributed by atoms with Gasteiger partial charge in [-0.2, -0.15) is 22.0 Å². The van der Waals surface area contributed by atoms with Gasteiger partial charge >= 0.3 is 18.8 Å². The molecule has 0 saturated carbocycles. The molecule has 0 atom stereocenters. The molecule has 0 aliphatic rings. The Morgan fingerprint density at radius 2 is 1.77 bits per heavy atom. The third-order valence-electron chi connectivity index (χ3n) is 4.06. The number of rotatable bonds is 4. The van der Waals surface area contributed by atoms with E-state index in [4.69, 9.17) is 5.73 Å². The molecule has 0 saturated heterocycles. The molecule has 0 bridgehead atoms. The number of alkyl halides is 5. The molecule has 0 unspecified atom stereocenters. The average molecular weight is 429 g/mol. The van der Waals surface area contributed by atoms with Crippen LogP contribution in [0, 0.1) is 0 Å². The van der Waals surface area contributed by atoms with Crippen molar-refractivity contribution in [1.82, 2.24) is 9.55 Å². The van der Waals surface area contributed by atoms with Crippen molar-refractivity contribution < 1.29 is 36.2 Å². The van der Waals surface area contributed by atoms with Crippen LogP contribution in [0.25, 0.3) is 16.7 Å². The van der Waals surface area contributed by atoms with E-state index < -0.39 is 46.9 Å². The lowest BCUT2D eigenvalue weighted by molar-refractivity contribution is -0.141. The number of nitrogens with zero attached hydrogens (tertiary/aromatic N) is 2. The summed E-state index contributed by atoms with van der Waals surface area (Å²) in [6.45, 7) is -3.10. The summed E-state index contributed by atoms with van der Waals surface area (Å²) < 4.78 is 73.6. The van der Waals surface area contributed by atoms with Crippen LogP contribution in [0.15, 0.2) is 41.2 Å². The van der Waals surface area contributed by atoms with E-state index in [1.807, 2.05) is 0 Å². The molecule has 12 heteroatoms. The zero-order valence-electron chi connectivity index (χ0n) is 15.0. The first-order valence-corrected chi connectivity index (χ1v) is 8.10. The highest BCUT2D eigenvalue weighted by molar-refractivity contribution is 6.03. The van der Waals surface area contributed by atoms with Crippen LogP contribution in [-0.2, 0) is 10.9 Å². The maximum atomic E-state index is 13.1. The second-order valence-corrected chi connectivity index (χ2v) is 5.86. The number of nitrogens with two attached hydrogens (primary N) is 1. The third kappa shape index (κ3) is 3.75. The highest BCUT2D eigenvalue weighted by Crippen LogP contribution is 2.31. The van der Waals surface area contributed by atoms with Gasteiger partial charge in [0.25, 0.3) is 5.56 Å². The highest BCUT2D eigenvalue weighted by atomic mass is 19.4. The lowest BCUT2D eigenvalue weighted by atomic mass is 10.1. The van der Waals surface area contributed by atoms with Gasteiger partial charge in [0.2, 0.25) is 0 Å². The lowest BCUT2D eigenvalue weighted by Gasteiger charge is -2.16. The minimum atomic E-state index is -4.82. The number of aromatic nitrogens is 2. The van der Waals surface area contributed by atoms with E-state index in [0.29, 0.717) is 10.6 Å². The zero-order valence-corrected chi connectivity index (χ0v) is 15.0. The zero-order chi connectivity index (χ0) is 22.2. The first-order valence-electron chi connectivity index (χ1n) is 8.10. The van der Waals surface area contributed by atoms with Gasteiger partial charge in [-0.05, 0) is 36.4 Å². The molecule has 0 fully saturated rings. The van der Waals surface area contributed by atoms with Crippen LogP contribution in [-0.4, -0.2) is 29.2 Å². The molecule has 0 spiro atoms. The van der Waals surface area contributed by atoms with Gasteiger partial charge in [0.1, 0.15) is 22.7 Å². The van der Waals surface area contributed by atoms with Crippen LogP contribution in [0.3, 0.4) is 0 Å². The van der Waals surface area contributed by atoms with Crippen molar-refractivity contribution >= 4 is 22.7 Å². The van der Waals surface area contributed by atoms with Gasteiger partial charge in [0.05, 0.1) is 18.5 Å². The van der Waals surface area contributed by atoms with Gasteiger partial charge in [-0.15, -0.1) is 0 Å². The molecule has 2 heterocycles. The van der Waals surface area contributed by atoms with E-state index in [1.165, 1.54) is 0 Å². The molecular formula is C18H12F5N3O4. The number of fused-ring (bicyclic) bond motifs is 1. The minimum Gasteiger partial charge on any atom is -0.465 e. The van der Waals surface area contributed by atoms with Crippen LogP contribution in [0.1, 0.15) is 16.1 Å². The predicted octanol–water partition coefficient (Wildman–Crippen LogP) is 3.37. The van der Waals surface area contributed by atoms with Gasteiger partial charge in [-0.1, -0.05) is 0 Å². The van der Waals surface area contributed by atoms with E-state index in [0.717, 1.165) is 37.4 Å². The van der Waals surface area contributed by atoms with Gasteiger partial charge in [0.15, 0.2) is 0 Å². The number of ether oxygens (including phenoxy) is 2. The lowest BCUT2D eigenvalue weighted by Crippen LogP contribution is -2.29. The molecule has 3 aromatic rings. The highest BCUT2D eigenvalue weighted by Gasteiger charge is 2.34. The van der Waals surface area contributed by atoms with Gasteiger partial charge in [-0.3, -0.25) is 9.36 Å². The molecule has 1 aromatic carbocycles. The Morgan fingerprint density at radius 1 is 1.13 bits per heavy atom. The van der Waals surface area contributed by atoms with Crippen LogP contribution in [0.5, 0.6) is 5.75 Å². The van der Waals surface area contributed by atoms with E-state index in [9.17, 15) is 31.5 Å². The summed E-state index contributed by atoms with van der Waals surface area (Å²) in [5.74, 6) is -1.36. The molecule has 2 aromatic heterocycles. The third-order valence-corrected chi connectivity index (χ3v) is 4.06. The molecule has 0 amide bonds. The van der Waals surface area contributed by atoms with Crippen LogP contribution < -0.4 is 16.0 Å². The first kappa shape index (κ1) is 21.0. The molecule has 0 aliphatic heterocycles. The Morgan fingerprint density at radius 3 is 2.30 bits per heavy atom. The van der Waals surface area contributed by atoms with Gasteiger partial charge in [0, 0.05) is 5.39 Å². The first-order chi connectivity index (χ1) is 14.0. The summed E-state index contributed by atoms with van der Waals surface area (Å²) in [7, 11) is 0.997. The van der Waals surface area contributed by atoms with Crippen molar-refractivity contribution in [2.45, 2.75) is 12.8 Å². The van der Waals surface area contributed by atoms with Crippen LogP contribution in [0.2, 0.25) is 0 Å². The number of esters is 1. The molecular weight excluding hydrogens is 417 g/mol. The maximum Gasteiger partial charge on any atom is 0.433 e. The largest absolute Gasteiger partial charge is 0.465 e. The number of benzene rings is 1. The second-order valence-electron chi connectivity index (χ2n) is 5.86. The van der Waals surface area contributed by atoms with Gasteiger partial charge in [-0.25, -0.2) is 9.78 Å². The molecule has 30 heavy (non-hydrogen) atoms. The Bertz CT molecular complexity index is 1170. The summed E-state index contributed by atoms with van der Waals surface area (Å²) in [4.78, 5) is 28.5. The Kier molecular flexibility index (Phi) is 5.33. The quantitative estimate of drug-likeness (QED) is 0.505. The fraction of sp³-hybridized carbons (Fsp3) is 0.167. The van der Waals surface area contributed by atoms with Crippen LogP contribution >= 0.6 is 0 Å². The van der Waals surface area contributed by atoms with Crippen LogP contribution in [0.4, 0.5) is 27.6 Å². The van der Waals surface area contributed by atoms with E-state index in [2.05, 4.69) is 14.5 Å². The molecule has 2 N–H and O–H groups in total. The normalized spacial score (nSPS) is 11.7. The summed E-state index contributed by atoms with van der Waals surface area (Å²) in [5.41, 5.74) is 1.88. The predicted molar refractivity (Wildman–Crippen MR) is 94.7 cm³/mol. The molecule has 0 radical (unpaired) electrons. The van der Waals surface area contributed by atoms with E-state index >= 15 is 0 Å². The number of anilines is 1. The number of carbonyl (C=O) groups is 1. The van der Waals surface area contributed by atoms with Crippen molar-refractivity contribution in [2.24, 2.45) is 0 Å². The van der Waals surface area contributed by atoms with E-state index in [-0.39, 0.29) is 16.8 Å². The minimum absolute atomic E-state index is 0.0661. The second kappa shape index (κ2) is 7.61. The smallest absolute Gasteiger partial charge is 0.433 e. The van der Waals surface area contributed by atoms with E-state index in [1.54, 1.807) is 0 Å². The van der Waals surface area contributed by atoms with Crippen molar-refractivity contribution in [3.8, 4) is 11.4 Å². The number of nitrogen functional groups attached to an aromatic ring is 1. The van der Waals surface area contributed by atoms with Crippen molar-refractivity contribution in [1.29, 1.82) is 0 Å². The Labute approximate surface area is 164 Å². The number of carbonyl (C=O) groups excluding carboxylic acids is 1. The number of hydrogen-bond donors (Lipinski definition) is 1. The standard InChI is InChI=1S/C18H12F5N3O4/c1-29-16(28)12-13(24)10-6-7-11(18(21,22)23)25-14(10)26(15(12)27)8-2-4-9(5-3-8)30-17(19)20/h2-7,17H,24H2,1H3. The summed E-state index contributed by atoms with van der Waals surface area (Å²) >= 11 is 0. The molecule has 0 aliphatic carbocycles. The summed E-state index contributed by atoms with van der Waals surface area (Å²) in [6, 6.07) is 6.03. The summed E-state index contributed by atoms with van der Waals surface area (Å²) in [5, 5.41) is -0.115. The van der Waals surface area contributed by atoms with Crippen molar-refractivity contribution in [3.05, 3.63) is 58.0 Å². The fourth-order valence-electron chi connectivity index (χ4n) is 2.76. The fourth-order valence-corrected chi connectivity index (χ4v) is 2.76. The van der Waals surface area contributed by atoms with Crippen molar-refractivity contribution in [2.75, 3.05) is 12.8 Å². The maximum absolute atomic E-state index is 13.1. The number of methoxy groups -OCH3 is 1. The molecule has 7 nitrogen and oxygen atoms in total. The number of pyridine rings is 2. The Balaban J connectivity index is 2.36. The molecule has 158 valence electrons. The number of halogens is 5. The SMILES string of the molecule is COC(=O)c1c(N)c2ccc(C(F)(F)F)nc2n(-c2ccc(OC(F)F)cc2)c1=O. The molecule has 3 rings (SSSR count). The average Bonchev–Trinajstić information content (AvgIpc) is 2.67. The van der Waals surface area contributed by atoms with Gasteiger partial charge < -0.3 is 15.2 Å². The summed E-state index contributed by atoms with van der Waals surface area (Å²) in [6.07, 6.45) is -4.82. The topological polar surface area (TPSA) is 96.4 Å². The Hall–Kier alpha value is -3.70. The number of hydrogen-bond acceptors (Lipinski definition) is 6. The monoisotopic (exact) mass is 429 g/mol.